The first-order valence-corrected chi connectivity index (χ1v) is 33.7. The quantitative estimate of drug-likeness (QED) is 0.0330. The Morgan fingerprint density at radius 1 is 0.541 bits per heavy atom. The Balaban J connectivity index is 0.000000606. The lowest BCUT2D eigenvalue weighted by molar-refractivity contribution is -0.125. The molecule has 0 fully saturated rings. The number of ether oxygens (including phenoxy) is 10. The number of allylic oxidation sites excluding steroid dienone is 8. The number of nitrogens with two attached hydrogens (primary N) is 5. The minimum Gasteiger partial charge on any atom is -0.439 e. The number of carbonyl (C=O) groups is 8. The van der Waals surface area contributed by atoms with Gasteiger partial charge in [-0.2, -0.15) is 0 Å². The Morgan fingerprint density at radius 3 is 1.46 bits per heavy atom. The number of fused-ring (bicyclic) bond motifs is 4. The summed E-state index contributed by atoms with van der Waals surface area (Å²) in [5.41, 5.74) is 28.8. The van der Waals surface area contributed by atoms with Crippen LogP contribution in [0.15, 0.2) is 106 Å². The van der Waals surface area contributed by atoms with E-state index < -0.39 is 114 Å². The van der Waals surface area contributed by atoms with E-state index in [1.54, 1.807) is 73.5 Å². The van der Waals surface area contributed by atoms with E-state index in [1.165, 1.54) is 53.4 Å². The van der Waals surface area contributed by atoms with Crippen LogP contribution in [0, 0.1) is 29.6 Å². The number of amides is 4. The van der Waals surface area contributed by atoms with Crippen LogP contribution in [0.5, 0.6) is 0 Å². The third-order valence-corrected chi connectivity index (χ3v) is 17.6. The lowest BCUT2D eigenvalue weighted by Crippen LogP contribution is -2.43. The van der Waals surface area contributed by atoms with Crippen LogP contribution >= 0.6 is 0 Å². The van der Waals surface area contributed by atoms with E-state index in [4.69, 9.17) is 76.0 Å². The van der Waals surface area contributed by atoms with Gasteiger partial charge >= 0.3 is 12.2 Å². The van der Waals surface area contributed by atoms with Gasteiger partial charge < -0.3 is 92.0 Å². The topological polar surface area (TPSA) is 395 Å². The van der Waals surface area contributed by atoms with Crippen molar-refractivity contribution in [2.24, 2.45) is 58.3 Å². The molecule has 4 rings (SSSR count). The van der Waals surface area contributed by atoms with Crippen LogP contribution in [-0.4, -0.2) is 191 Å². The Morgan fingerprint density at radius 2 is 1.01 bits per heavy atom. The maximum atomic E-state index is 14.1. The van der Waals surface area contributed by atoms with Gasteiger partial charge in [0.25, 0.3) is 5.91 Å². The molecule has 552 valence electrons. The number of Topliss-reactive ketones (excluding diaryl/α,β-unsaturated/α-hetero) is 2. The predicted octanol–water partition coefficient (Wildman–Crippen LogP) is 6.41. The zero-order chi connectivity index (χ0) is 73.8. The highest BCUT2D eigenvalue weighted by Gasteiger charge is 2.41. The van der Waals surface area contributed by atoms with Crippen LogP contribution in [0.2, 0.25) is 0 Å². The van der Waals surface area contributed by atoms with Crippen molar-refractivity contribution in [3.8, 4) is 0 Å². The van der Waals surface area contributed by atoms with Crippen LogP contribution < -0.4 is 44.6 Å². The van der Waals surface area contributed by atoms with Crippen molar-refractivity contribution in [3.63, 3.8) is 0 Å². The number of unbranched alkanes of at least 4 members (excludes halogenated alkanes) is 6. The third kappa shape index (κ3) is 27.7. The Kier molecular flexibility index (Phi) is 41.4. The summed E-state index contributed by atoms with van der Waals surface area (Å²) < 4.78 is 57.5. The lowest BCUT2D eigenvalue weighted by Gasteiger charge is -2.34. The Labute approximate surface area is 580 Å². The molecule has 26 nitrogen and oxygen atoms in total. The van der Waals surface area contributed by atoms with Gasteiger partial charge in [-0.15, -0.1) is 0 Å². The first-order valence-electron chi connectivity index (χ1n) is 33.7. The molecule has 13 N–H and O–H groups in total. The number of rotatable bonds is 22. The summed E-state index contributed by atoms with van der Waals surface area (Å²) in [7, 11) is 12.2. The van der Waals surface area contributed by atoms with Crippen LogP contribution in [0.25, 0.3) is 0 Å². The van der Waals surface area contributed by atoms with Crippen molar-refractivity contribution in [2.75, 3.05) is 83.1 Å². The standard InChI is InChI=1S/C36H56N4O9.C30H44N2O9.C6H16N2/c1-21-14-13-15-27(45-5)33(49-36(38)44)23(3)18-22(2)32(47-7)28(46-6)19-24(4)34(48-8)29-30(39-17-12-10-9-11-16-37)26(41)20-25(31(29)42)40-35(21)43;1-16-10-9-11-23(37-5)28(41-30(31)36)18(3)12-17(2)27(40-8)24(38-6)13-19(4)26(39-7)21-14-20(33)15-22(25(21)34)32-29(16)35;7-5-3-1-2-4-6-8/h13-15,18,20,22,24,27-28,32-34,39H,9-12,16-17,19,37H2,1-8H3,(H2,38,44)(H,40,43);9,11-12,14-17,19,23-24,26-28H,10,13H2,1-8H3,(H2,31,36)(H,32,35);1-8H2/b15-13-,21-14+,23-18+;11-9-,18-12+;. The summed E-state index contributed by atoms with van der Waals surface area (Å²) in [5, 5.41) is 8.43. The molecular formula is C72H116N8O18. The lowest BCUT2D eigenvalue weighted by atomic mass is 9.82. The largest absolute Gasteiger partial charge is 0.439 e. The molecule has 0 radical (unpaired) electrons. The minimum atomic E-state index is -0.976. The normalized spacial score (nSPS) is 30.5. The Hall–Kier alpha value is -6.82. The highest BCUT2D eigenvalue weighted by Crippen LogP contribution is 2.34. The van der Waals surface area contributed by atoms with Gasteiger partial charge in [0.2, 0.25) is 23.3 Å². The van der Waals surface area contributed by atoms with E-state index in [0.717, 1.165) is 63.8 Å². The molecule has 2 heterocycles. The molecule has 26 heteroatoms. The van der Waals surface area contributed by atoms with Gasteiger partial charge in [-0.05, 0) is 114 Å². The predicted molar refractivity (Wildman–Crippen MR) is 374 cm³/mol. The van der Waals surface area contributed by atoms with E-state index in [-0.39, 0.29) is 63.9 Å². The molecule has 0 spiro atoms. The number of methoxy groups -OCH3 is 8. The molecule has 15 atom stereocenters. The van der Waals surface area contributed by atoms with E-state index in [2.05, 4.69) is 16.0 Å². The second kappa shape index (κ2) is 46.5. The summed E-state index contributed by atoms with van der Waals surface area (Å²) in [6.07, 6.45) is 16.4. The fourth-order valence-electron chi connectivity index (χ4n) is 12.3. The van der Waals surface area contributed by atoms with Gasteiger partial charge in [0, 0.05) is 104 Å². The molecule has 0 aromatic carbocycles. The number of primary amides is 2. The molecule has 0 saturated heterocycles. The zero-order valence-electron chi connectivity index (χ0n) is 60.8. The average molecular weight is 1380 g/mol. The highest BCUT2D eigenvalue weighted by molar-refractivity contribution is 6.24. The number of hydrogen-bond donors (Lipinski definition) is 8. The molecule has 2 aliphatic heterocycles. The first kappa shape index (κ1) is 87.3. The molecule has 0 saturated carbocycles. The fraction of sp³-hybridized carbons (Fsp3) is 0.639. The van der Waals surface area contributed by atoms with E-state index in [0.29, 0.717) is 37.1 Å². The number of nitrogens with one attached hydrogen (secondary N) is 3. The van der Waals surface area contributed by atoms with Gasteiger partial charge in [-0.1, -0.05) is 103 Å². The van der Waals surface area contributed by atoms with Crippen molar-refractivity contribution in [1.82, 2.24) is 16.0 Å². The van der Waals surface area contributed by atoms with Crippen molar-refractivity contribution in [2.45, 2.75) is 187 Å². The van der Waals surface area contributed by atoms with Crippen molar-refractivity contribution < 1.29 is 85.7 Å². The van der Waals surface area contributed by atoms with Crippen LogP contribution in [0.3, 0.4) is 0 Å². The smallest absolute Gasteiger partial charge is 0.405 e. The van der Waals surface area contributed by atoms with Gasteiger partial charge in [-0.25, -0.2) is 9.59 Å². The number of ketones is 4. The average Bonchev–Trinajstić information content (AvgIpc) is 0.825. The summed E-state index contributed by atoms with van der Waals surface area (Å²) in [6.45, 7) is 17.3. The molecule has 4 aliphatic rings. The summed E-state index contributed by atoms with van der Waals surface area (Å²) >= 11 is 0. The SMILES string of the molecule is COC1/C=C\C=C(/C)C(=O)NC2=CC(=O)C(NCCCCCCN)=C(C2=O)C(OC)C(C)CC(OC)C(OC)C(C)/C=C(\C)C1OC(N)=O.COC1/C=C\CC(C)C(=O)NC2=CC(=O)C=C(C2=O)C(OC)C(C)CC(OC)C(OC)C(C)/C=C(\C)C1OC(N)=O.NCCCCCCN. The van der Waals surface area contributed by atoms with Crippen molar-refractivity contribution in [1.29, 1.82) is 0 Å². The summed E-state index contributed by atoms with van der Waals surface area (Å²) in [4.78, 5) is 104. The molecular weight excluding hydrogens is 1260 g/mol. The molecule has 4 bridgehead atoms. The monoisotopic (exact) mass is 1380 g/mol. The second-order valence-electron chi connectivity index (χ2n) is 25.1. The second-order valence-corrected chi connectivity index (χ2v) is 25.1. The number of carbonyl (C=O) groups excluding carboxylic acids is 8. The summed E-state index contributed by atoms with van der Waals surface area (Å²) in [6, 6.07) is 0. The van der Waals surface area contributed by atoms with Gasteiger partial charge in [0.1, 0.15) is 12.2 Å². The van der Waals surface area contributed by atoms with Gasteiger partial charge in [-0.3, -0.25) is 28.8 Å². The maximum absolute atomic E-state index is 14.1. The van der Waals surface area contributed by atoms with Gasteiger partial charge in [0.15, 0.2) is 18.0 Å². The molecule has 15 unspecified atom stereocenters. The van der Waals surface area contributed by atoms with Crippen LogP contribution in [0.4, 0.5) is 9.59 Å². The first-order chi connectivity index (χ1) is 46.6. The maximum Gasteiger partial charge on any atom is 0.405 e. The highest BCUT2D eigenvalue weighted by atomic mass is 16.6. The summed E-state index contributed by atoms with van der Waals surface area (Å²) in [5.74, 6) is -4.54. The third-order valence-electron chi connectivity index (χ3n) is 17.6. The van der Waals surface area contributed by atoms with Crippen molar-refractivity contribution in [3.05, 3.63) is 106 Å². The van der Waals surface area contributed by atoms with E-state index >= 15 is 0 Å². The zero-order valence-corrected chi connectivity index (χ0v) is 60.8. The van der Waals surface area contributed by atoms with Crippen LogP contribution in [-0.2, 0) is 76.1 Å². The molecule has 0 aromatic heterocycles. The number of hydrogen-bond acceptors (Lipinski definition) is 22. The minimum absolute atomic E-state index is 0.100. The Bertz CT molecular complexity index is 2890. The molecule has 4 amide bonds. The van der Waals surface area contributed by atoms with Crippen LogP contribution in [0.1, 0.15) is 126 Å². The molecule has 98 heavy (non-hydrogen) atoms. The fourth-order valence-corrected chi connectivity index (χ4v) is 12.3. The molecule has 0 aromatic rings. The van der Waals surface area contributed by atoms with E-state index in [1.807, 2.05) is 46.8 Å². The molecule has 2 aliphatic carbocycles. The van der Waals surface area contributed by atoms with Gasteiger partial charge in [0.05, 0.1) is 59.3 Å². The van der Waals surface area contributed by atoms with Crippen molar-refractivity contribution >= 4 is 47.1 Å². The van der Waals surface area contributed by atoms with E-state index in [9.17, 15) is 38.4 Å².